The first kappa shape index (κ1) is 14.8. The van der Waals surface area contributed by atoms with Gasteiger partial charge in [0.25, 0.3) is 5.69 Å². The van der Waals surface area contributed by atoms with Crippen LogP contribution in [0.25, 0.3) is 0 Å². The fraction of sp³-hybridized carbons (Fsp3) is 0.600. The van der Waals surface area contributed by atoms with Crippen molar-refractivity contribution in [3.8, 4) is 0 Å². The van der Waals surface area contributed by atoms with Crippen molar-refractivity contribution in [2.75, 3.05) is 11.9 Å². The van der Waals surface area contributed by atoms with Crippen LogP contribution in [0.15, 0.2) is 18.2 Å². The van der Waals surface area contributed by atoms with Gasteiger partial charge in [-0.25, -0.2) is 0 Å². The fourth-order valence-electron chi connectivity index (χ4n) is 3.00. The van der Waals surface area contributed by atoms with Gasteiger partial charge in [0.15, 0.2) is 0 Å². The monoisotopic (exact) mass is 278 g/mol. The van der Waals surface area contributed by atoms with Crippen LogP contribution in [0.4, 0.5) is 11.4 Å². The summed E-state index contributed by atoms with van der Waals surface area (Å²) < 4.78 is 0. The summed E-state index contributed by atoms with van der Waals surface area (Å²) in [6.45, 7) is -0.173. The van der Waals surface area contributed by atoms with Crippen LogP contribution in [0.5, 0.6) is 0 Å². The summed E-state index contributed by atoms with van der Waals surface area (Å²) in [6, 6.07) is 5.21. The maximum Gasteiger partial charge on any atom is 0.269 e. The maximum atomic E-state index is 10.8. The maximum absolute atomic E-state index is 10.8. The SMILES string of the molecule is CN(c1ccc([N+](=O)[O-])cc1CO)C1CCCCCC1. The molecule has 1 aliphatic carbocycles. The Balaban J connectivity index is 2.23. The van der Waals surface area contributed by atoms with E-state index < -0.39 is 4.92 Å². The number of hydrogen-bond acceptors (Lipinski definition) is 4. The van der Waals surface area contributed by atoms with Gasteiger partial charge < -0.3 is 10.0 Å². The van der Waals surface area contributed by atoms with Gasteiger partial charge in [0.05, 0.1) is 11.5 Å². The van der Waals surface area contributed by atoms with Gasteiger partial charge in [-0.3, -0.25) is 10.1 Å². The van der Waals surface area contributed by atoms with Crippen molar-refractivity contribution in [2.24, 2.45) is 0 Å². The molecule has 0 amide bonds. The predicted octanol–water partition coefficient (Wildman–Crippen LogP) is 3.25. The average molecular weight is 278 g/mol. The van der Waals surface area contributed by atoms with Crippen LogP contribution >= 0.6 is 0 Å². The van der Waals surface area contributed by atoms with E-state index in [9.17, 15) is 15.2 Å². The first-order valence-electron chi connectivity index (χ1n) is 7.24. The van der Waals surface area contributed by atoms with Gasteiger partial charge in [0.1, 0.15) is 0 Å². The zero-order valence-corrected chi connectivity index (χ0v) is 11.9. The molecule has 0 heterocycles. The van der Waals surface area contributed by atoms with Crippen LogP contribution in [0.1, 0.15) is 44.1 Å². The summed E-state index contributed by atoms with van der Waals surface area (Å²) in [6.07, 6.45) is 7.35. The number of aliphatic hydroxyl groups excluding tert-OH is 1. The molecule has 1 fully saturated rings. The molecule has 1 N–H and O–H groups in total. The minimum atomic E-state index is -0.422. The molecule has 20 heavy (non-hydrogen) atoms. The molecule has 0 unspecified atom stereocenters. The zero-order valence-electron chi connectivity index (χ0n) is 11.9. The Morgan fingerprint density at radius 2 is 1.95 bits per heavy atom. The van der Waals surface area contributed by atoms with Crippen LogP contribution in [-0.4, -0.2) is 23.1 Å². The molecular formula is C15H22N2O3. The summed E-state index contributed by atoms with van der Waals surface area (Å²) in [5.74, 6) is 0. The number of nitrogens with zero attached hydrogens (tertiary/aromatic N) is 2. The van der Waals surface area contributed by atoms with Gasteiger partial charge in [-0.1, -0.05) is 25.7 Å². The van der Waals surface area contributed by atoms with Gasteiger partial charge in [0.2, 0.25) is 0 Å². The highest BCUT2D eigenvalue weighted by molar-refractivity contribution is 5.58. The molecule has 0 radical (unpaired) electrons. The molecule has 5 nitrogen and oxygen atoms in total. The predicted molar refractivity (Wildman–Crippen MR) is 78.9 cm³/mol. The zero-order chi connectivity index (χ0) is 14.5. The Labute approximate surface area is 119 Å². The van der Waals surface area contributed by atoms with Crippen molar-refractivity contribution in [1.82, 2.24) is 0 Å². The van der Waals surface area contributed by atoms with Gasteiger partial charge in [-0.15, -0.1) is 0 Å². The third-order valence-electron chi connectivity index (χ3n) is 4.20. The first-order valence-corrected chi connectivity index (χ1v) is 7.24. The number of aliphatic hydroxyl groups is 1. The largest absolute Gasteiger partial charge is 0.392 e. The summed E-state index contributed by atoms with van der Waals surface area (Å²) in [5, 5.41) is 20.3. The molecule has 5 heteroatoms. The second-order valence-corrected chi connectivity index (χ2v) is 5.48. The van der Waals surface area contributed by atoms with Crippen LogP contribution < -0.4 is 4.90 Å². The minimum Gasteiger partial charge on any atom is -0.392 e. The topological polar surface area (TPSA) is 66.6 Å². The molecule has 2 rings (SSSR count). The normalized spacial score (nSPS) is 16.7. The van der Waals surface area contributed by atoms with Crippen molar-refractivity contribution < 1.29 is 10.0 Å². The van der Waals surface area contributed by atoms with E-state index in [2.05, 4.69) is 4.90 Å². The molecule has 1 saturated carbocycles. The Hall–Kier alpha value is -1.62. The molecule has 1 aromatic rings. The highest BCUT2D eigenvalue weighted by Gasteiger charge is 2.20. The standard InChI is InChI=1S/C15H22N2O3/c1-16(13-6-4-2-3-5-7-13)15-9-8-14(17(19)20)10-12(15)11-18/h8-10,13,18H,2-7,11H2,1H3. The molecule has 110 valence electrons. The summed E-state index contributed by atoms with van der Waals surface area (Å²) in [4.78, 5) is 12.6. The molecule has 0 atom stereocenters. The van der Waals surface area contributed by atoms with Crippen LogP contribution in [0.2, 0.25) is 0 Å². The van der Waals surface area contributed by atoms with E-state index in [-0.39, 0.29) is 12.3 Å². The quantitative estimate of drug-likeness (QED) is 0.521. The minimum absolute atomic E-state index is 0.0343. The third kappa shape index (κ3) is 3.28. The molecular weight excluding hydrogens is 256 g/mol. The van der Waals surface area contributed by atoms with Crippen molar-refractivity contribution in [3.05, 3.63) is 33.9 Å². The number of nitro groups is 1. The molecule has 0 aromatic heterocycles. The van der Waals surface area contributed by atoms with Gasteiger partial charge in [-0.05, 0) is 18.9 Å². The fourth-order valence-corrected chi connectivity index (χ4v) is 3.00. The van der Waals surface area contributed by atoms with E-state index in [1.807, 2.05) is 7.05 Å². The molecule has 0 bridgehead atoms. The van der Waals surface area contributed by atoms with Crippen molar-refractivity contribution in [3.63, 3.8) is 0 Å². The average Bonchev–Trinajstić information content (AvgIpc) is 2.74. The number of non-ortho nitro benzene ring substituents is 1. The Kier molecular flexibility index (Phi) is 4.95. The first-order chi connectivity index (χ1) is 9.63. The lowest BCUT2D eigenvalue weighted by Gasteiger charge is -2.30. The lowest BCUT2D eigenvalue weighted by Crippen LogP contribution is -2.31. The van der Waals surface area contributed by atoms with E-state index in [1.165, 1.54) is 37.8 Å². The number of anilines is 1. The number of rotatable bonds is 4. The summed E-state index contributed by atoms with van der Waals surface area (Å²) in [5.41, 5.74) is 1.57. The van der Waals surface area contributed by atoms with Gasteiger partial charge in [-0.2, -0.15) is 0 Å². The number of nitro benzene ring substituents is 1. The van der Waals surface area contributed by atoms with Crippen LogP contribution in [0.3, 0.4) is 0 Å². The summed E-state index contributed by atoms with van der Waals surface area (Å²) in [7, 11) is 2.02. The van der Waals surface area contributed by atoms with Gasteiger partial charge >= 0.3 is 0 Å². The second kappa shape index (κ2) is 6.70. The van der Waals surface area contributed by atoms with E-state index in [0.29, 0.717) is 11.6 Å². The lowest BCUT2D eigenvalue weighted by molar-refractivity contribution is -0.384. The smallest absolute Gasteiger partial charge is 0.269 e. The second-order valence-electron chi connectivity index (χ2n) is 5.48. The van der Waals surface area contributed by atoms with Crippen molar-refractivity contribution in [2.45, 2.75) is 51.2 Å². The van der Waals surface area contributed by atoms with E-state index in [0.717, 1.165) is 18.5 Å². The molecule has 1 aromatic carbocycles. The Morgan fingerprint density at radius 3 is 2.50 bits per heavy atom. The number of benzene rings is 1. The molecule has 0 aliphatic heterocycles. The molecule has 1 aliphatic rings. The summed E-state index contributed by atoms with van der Waals surface area (Å²) >= 11 is 0. The van der Waals surface area contributed by atoms with Crippen molar-refractivity contribution in [1.29, 1.82) is 0 Å². The molecule has 0 spiro atoms. The highest BCUT2D eigenvalue weighted by atomic mass is 16.6. The molecule has 0 saturated heterocycles. The number of hydrogen-bond donors (Lipinski definition) is 1. The Bertz CT molecular complexity index is 468. The van der Waals surface area contributed by atoms with Gasteiger partial charge in [0, 0.05) is 36.5 Å². The third-order valence-corrected chi connectivity index (χ3v) is 4.20. The van der Waals surface area contributed by atoms with E-state index >= 15 is 0 Å². The van der Waals surface area contributed by atoms with E-state index in [4.69, 9.17) is 0 Å². The van der Waals surface area contributed by atoms with Crippen LogP contribution in [-0.2, 0) is 6.61 Å². The van der Waals surface area contributed by atoms with Crippen LogP contribution in [0, 0.1) is 10.1 Å². The highest BCUT2D eigenvalue weighted by Crippen LogP contribution is 2.30. The Morgan fingerprint density at radius 1 is 1.30 bits per heavy atom. The lowest BCUT2D eigenvalue weighted by atomic mass is 10.0. The van der Waals surface area contributed by atoms with E-state index in [1.54, 1.807) is 6.07 Å². The van der Waals surface area contributed by atoms with Crippen molar-refractivity contribution >= 4 is 11.4 Å².